The van der Waals surface area contributed by atoms with Crippen LogP contribution < -0.4 is 16.4 Å². The third-order valence-corrected chi connectivity index (χ3v) is 2.11. The molecule has 6 nitrogen and oxygen atoms in total. The number of primary amides is 1. The van der Waals surface area contributed by atoms with Crippen molar-refractivity contribution in [1.29, 1.82) is 0 Å². The van der Waals surface area contributed by atoms with Gasteiger partial charge in [0, 0.05) is 13.1 Å². The molecule has 1 aromatic rings. The first-order chi connectivity index (χ1) is 8.00. The van der Waals surface area contributed by atoms with Crippen molar-refractivity contribution in [3.05, 3.63) is 29.3 Å². The quantitative estimate of drug-likeness (QED) is 0.558. The third-order valence-electron chi connectivity index (χ3n) is 2.11. The minimum atomic E-state index is -0.641. The Hall–Kier alpha value is -2.24. The van der Waals surface area contributed by atoms with Crippen LogP contribution in [0.4, 0.5) is 4.79 Å². The highest BCUT2D eigenvalue weighted by Crippen LogP contribution is 2.17. The number of hydrogen-bond donors (Lipinski definition) is 4. The van der Waals surface area contributed by atoms with E-state index in [0.717, 1.165) is 5.56 Å². The number of amides is 3. The zero-order valence-corrected chi connectivity index (χ0v) is 9.49. The fourth-order valence-electron chi connectivity index (χ4n) is 1.29. The van der Waals surface area contributed by atoms with Crippen LogP contribution in [-0.2, 0) is 0 Å². The number of aromatic hydroxyl groups is 1. The summed E-state index contributed by atoms with van der Waals surface area (Å²) in [4.78, 5) is 22.0. The number of hydrogen-bond acceptors (Lipinski definition) is 3. The molecule has 1 aromatic carbocycles. The second-order valence-corrected chi connectivity index (χ2v) is 3.57. The Morgan fingerprint density at radius 2 is 1.94 bits per heavy atom. The minimum absolute atomic E-state index is 0.0732. The molecule has 0 bridgehead atoms. The Morgan fingerprint density at radius 1 is 1.29 bits per heavy atom. The first-order valence-corrected chi connectivity index (χ1v) is 5.12. The predicted octanol–water partition coefficient (Wildman–Crippen LogP) is 0.0987. The second kappa shape index (κ2) is 5.74. The van der Waals surface area contributed by atoms with E-state index in [4.69, 9.17) is 5.73 Å². The van der Waals surface area contributed by atoms with Crippen LogP contribution in [0.15, 0.2) is 18.2 Å². The zero-order chi connectivity index (χ0) is 12.8. The molecule has 0 aliphatic heterocycles. The average Bonchev–Trinajstić information content (AvgIpc) is 2.27. The van der Waals surface area contributed by atoms with Crippen LogP contribution in [0.2, 0.25) is 0 Å². The Labute approximate surface area is 98.8 Å². The maximum atomic E-state index is 11.6. The number of nitrogens with one attached hydrogen (secondary N) is 2. The van der Waals surface area contributed by atoms with Gasteiger partial charge in [0.2, 0.25) is 0 Å². The zero-order valence-electron chi connectivity index (χ0n) is 9.49. The highest BCUT2D eigenvalue weighted by Gasteiger charge is 2.10. The van der Waals surface area contributed by atoms with E-state index in [1.165, 1.54) is 6.07 Å². The van der Waals surface area contributed by atoms with E-state index in [1.54, 1.807) is 12.1 Å². The summed E-state index contributed by atoms with van der Waals surface area (Å²) in [5, 5.41) is 14.4. The van der Waals surface area contributed by atoms with E-state index in [0.29, 0.717) is 0 Å². The van der Waals surface area contributed by atoms with E-state index in [-0.39, 0.29) is 24.4 Å². The topological polar surface area (TPSA) is 104 Å². The molecule has 0 unspecified atom stereocenters. The van der Waals surface area contributed by atoms with Crippen molar-refractivity contribution in [2.45, 2.75) is 6.92 Å². The molecule has 0 radical (unpaired) electrons. The molecule has 17 heavy (non-hydrogen) atoms. The molecular weight excluding hydrogens is 222 g/mol. The van der Waals surface area contributed by atoms with Gasteiger partial charge >= 0.3 is 6.03 Å². The van der Waals surface area contributed by atoms with Crippen molar-refractivity contribution in [1.82, 2.24) is 10.6 Å². The number of nitrogens with two attached hydrogens (primary N) is 1. The molecule has 6 heteroatoms. The van der Waals surface area contributed by atoms with Gasteiger partial charge in [0.1, 0.15) is 5.75 Å². The largest absolute Gasteiger partial charge is 0.507 e. The van der Waals surface area contributed by atoms with Gasteiger partial charge in [-0.3, -0.25) is 4.79 Å². The predicted molar refractivity (Wildman–Crippen MR) is 62.8 cm³/mol. The summed E-state index contributed by atoms with van der Waals surface area (Å²) in [5.41, 5.74) is 5.95. The lowest BCUT2D eigenvalue weighted by Crippen LogP contribution is -2.37. The molecule has 92 valence electrons. The molecule has 0 saturated carbocycles. The maximum absolute atomic E-state index is 11.6. The van der Waals surface area contributed by atoms with Crippen LogP contribution >= 0.6 is 0 Å². The average molecular weight is 237 g/mol. The van der Waals surface area contributed by atoms with Crippen molar-refractivity contribution in [3.63, 3.8) is 0 Å². The maximum Gasteiger partial charge on any atom is 0.312 e. The molecule has 0 aliphatic rings. The lowest BCUT2D eigenvalue weighted by molar-refractivity contribution is 0.0951. The monoisotopic (exact) mass is 237 g/mol. The fraction of sp³-hybridized carbons (Fsp3) is 0.273. The summed E-state index contributed by atoms with van der Waals surface area (Å²) in [6.45, 7) is 2.31. The standard InChI is InChI=1S/C11H15N3O3/c1-7-2-3-9(15)8(6-7)10(16)13-4-5-14-11(12)17/h2-3,6,15H,4-5H2,1H3,(H,13,16)(H3,12,14,17). The van der Waals surface area contributed by atoms with Crippen molar-refractivity contribution >= 4 is 11.9 Å². The van der Waals surface area contributed by atoms with E-state index in [9.17, 15) is 14.7 Å². The molecule has 0 heterocycles. The van der Waals surface area contributed by atoms with Gasteiger partial charge in [-0.25, -0.2) is 4.79 Å². The van der Waals surface area contributed by atoms with Crippen LogP contribution in [0.1, 0.15) is 15.9 Å². The minimum Gasteiger partial charge on any atom is -0.507 e. The molecule has 0 saturated heterocycles. The summed E-state index contributed by atoms with van der Waals surface area (Å²) >= 11 is 0. The Balaban J connectivity index is 2.52. The van der Waals surface area contributed by atoms with Crippen molar-refractivity contribution < 1.29 is 14.7 Å². The number of phenols is 1. The molecule has 0 aliphatic carbocycles. The number of phenolic OH excluding ortho intramolecular Hbond substituents is 1. The molecule has 5 N–H and O–H groups in total. The highest BCUT2D eigenvalue weighted by atomic mass is 16.3. The summed E-state index contributed by atoms with van der Waals surface area (Å²) in [6, 6.07) is 4.12. The molecule has 3 amide bonds. The number of aryl methyl sites for hydroxylation is 1. The van der Waals surface area contributed by atoms with Gasteiger partial charge in [0.15, 0.2) is 0 Å². The van der Waals surface area contributed by atoms with E-state index < -0.39 is 11.9 Å². The van der Waals surface area contributed by atoms with E-state index in [2.05, 4.69) is 10.6 Å². The Morgan fingerprint density at radius 3 is 2.59 bits per heavy atom. The van der Waals surface area contributed by atoms with Gasteiger partial charge in [-0.1, -0.05) is 11.6 Å². The van der Waals surface area contributed by atoms with Gasteiger partial charge in [-0.2, -0.15) is 0 Å². The molecule has 0 spiro atoms. The first kappa shape index (κ1) is 12.8. The van der Waals surface area contributed by atoms with Crippen LogP contribution in [0, 0.1) is 6.92 Å². The van der Waals surface area contributed by atoms with Gasteiger partial charge in [0.05, 0.1) is 5.56 Å². The Kier molecular flexibility index (Phi) is 4.33. The molecule has 0 fully saturated rings. The Bertz CT molecular complexity index is 432. The smallest absolute Gasteiger partial charge is 0.312 e. The molecule has 1 rings (SSSR count). The molecule has 0 aromatic heterocycles. The van der Waals surface area contributed by atoms with Crippen LogP contribution in [0.3, 0.4) is 0 Å². The lowest BCUT2D eigenvalue weighted by atomic mass is 10.1. The van der Waals surface area contributed by atoms with Gasteiger partial charge < -0.3 is 21.5 Å². The number of benzene rings is 1. The lowest BCUT2D eigenvalue weighted by Gasteiger charge is -2.07. The van der Waals surface area contributed by atoms with Gasteiger partial charge in [-0.05, 0) is 19.1 Å². The SMILES string of the molecule is Cc1ccc(O)c(C(=O)NCCNC(N)=O)c1. The number of carbonyl (C=O) groups is 2. The number of urea groups is 1. The van der Waals surface area contributed by atoms with Gasteiger partial charge in [0.25, 0.3) is 5.91 Å². The third kappa shape index (κ3) is 4.02. The van der Waals surface area contributed by atoms with Crippen molar-refractivity contribution in [2.75, 3.05) is 13.1 Å². The van der Waals surface area contributed by atoms with E-state index >= 15 is 0 Å². The highest BCUT2D eigenvalue weighted by molar-refractivity contribution is 5.97. The van der Waals surface area contributed by atoms with Crippen LogP contribution in [-0.4, -0.2) is 30.1 Å². The van der Waals surface area contributed by atoms with Gasteiger partial charge in [-0.15, -0.1) is 0 Å². The number of carbonyl (C=O) groups excluding carboxylic acids is 2. The summed E-state index contributed by atoms with van der Waals surface area (Å²) < 4.78 is 0. The van der Waals surface area contributed by atoms with Crippen LogP contribution in [0.5, 0.6) is 5.75 Å². The summed E-state index contributed by atoms with van der Waals surface area (Å²) in [6.07, 6.45) is 0. The van der Waals surface area contributed by atoms with Crippen LogP contribution in [0.25, 0.3) is 0 Å². The summed E-state index contributed by atoms with van der Waals surface area (Å²) in [7, 11) is 0. The van der Waals surface area contributed by atoms with E-state index in [1.807, 2.05) is 6.92 Å². The molecule has 0 atom stereocenters. The number of rotatable bonds is 4. The molecular formula is C11H15N3O3. The second-order valence-electron chi connectivity index (χ2n) is 3.57. The first-order valence-electron chi connectivity index (χ1n) is 5.12. The normalized spacial score (nSPS) is 9.71. The van der Waals surface area contributed by atoms with Crippen molar-refractivity contribution in [3.8, 4) is 5.75 Å². The fourth-order valence-corrected chi connectivity index (χ4v) is 1.29. The summed E-state index contributed by atoms with van der Waals surface area (Å²) in [5.74, 6) is -0.464. The van der Waals surface area contributed by atoms with Crippen molar-refractivity contribution in [2.24, 2.45) is 5.73 Å².